The van der Waals surface area contributed by atoms with Gasteiger partial charge in [0.25, 0.3) is 5.91 Å². The fraction of sp³-hybridized carbons (Fsp3) is 0.0769. The second kappa shape index (κ2) is 6.02. The van der Waals surface area contributed by atoms with Crippen LogP contribution in [0.5, 0.6) is 11.5 Å². The Balaban J connectivity index is 0.00000162. The third kappa shape index (κ3) is 2.99. The highest BCUT2D eigenvalue weighted by atomic mass is 35.5. The van der Waals surface area contributed by atoms with Gasteiger partial charge in [0.2, 0.25) is 0 Å². The fourth-order valence-electron chi connectivity index (χ4n) is 1.45. The predicted octanol–water partition coefficient (Wildman–Crippen LogP) is 2.70. The smallest absolute Gasteiger partial charge is 0.254 e. The lowest BCUT2D eigenvalue weighted by molar-refractivity contribution is 0.0997. The van der Waals surface area contributed by atoms with Crippen LogP contribution in [0.2, 0.25) is 0 Å². The number of hydrogen-bond acceptors (Lipinski definition) is 3. The number of ether oxygens (including phenoxy) is 1. The van der Waals surface area contributed by atoms with E-state index in [2.05, 4.69) is 4.98 Å². The second-order valence-corrected chi connectivity index (χ2v) is 3.60. The van der Waals surface area contributed by atoms with Gasteiger partial charge in [-0.2, -0.15) is 0 Å². The molecular weight excluding hydrogens is 252 g/mol. The Labute approximate surface area is 111 Å². The number of primary amides is 1. The molecule has 0 radical (unpaired) electrons. The summed E-state index contributed by atoms with van der Waals surface area (Å²) in [5.74, 6) is 0.560. The molecule has 0 bridgehead atoms. The molecule has 0 aliphatic heterocycles. The van der Waals surface area contributed by atoms with Gasteiger partial charge in [-0.1, -0.05) is 18.2 Å². The number of halogens is 1. The summed E-state index contributed by atoms with van der Waals surface area (Å²) >= 11 is 0. The van der Waals surface area contributed by atoms with E-state index in [1.807, 2.05) is 31.2 Å². The first-order valence-electron chi connectivity index (χ1n) is 5.16. The highest BCUT2D eigenvalue weighted by Crippen LogP contribution is 2.26. The monoisotopic (exact) mass is 264 g/mol. The Morgan fingerprint density at radius 3 is 2.61 bits per heavy atom. The zero-order valence-electron chi connectivity index (χ0n) is 9.79. The SMILES string of the molecule is Cc1ccccc1Oc1ccncc1C(N)=O.Cl. The van der Waals surface area contributed by atoms with Crippen LogP contribution in [0.4, 0.5) is 0 Å². The first-order chi connectivity index (χ1) is 8.18. The molecule has 18 heavy (non-hydrogen) atoms. The number of carbonyl (C=O) groups excluding carboxylic acids is 1. The Hall–Kier alpha value is -2.07. The highest BCUT2D eigenvalue weighted by Gasteiger charge is 2.10. The Morgan fingerprint density at radius 2 is 1.94 bits per heavy atom. The van der Waals surface area contributed by atoms with Crippen LogP contribution in [-0.4, -0.2) is 10.9 Å². The molecule has 0 saturated heterocycles. The molecular formula is C13H13ClN2O2. The summed E-state index contributed by atoms with van der Waals surface area (Å²) in [5.41, 5.74) is 6.51. The number of aromatic nitrogens is 1. The van der Waals surface area contributed by atoms with Crippen molar-refractivity contribution in [3.8, 4) is 11.5 Å². The molecule has 2 aromatic rings. The summed E-state index contributed by atoms with van der Waals surface area (Å²) < 4.78 is 5.66. The average Bonchev–Trinajstić information content (AvgIpc) is 2.32. The number of aryl methyl sites for hydroxylation is 1. The van der Waals surface area contributed by atoms with Crippen molar-refractivity contribution < 1.29 is 9.53 Å². The molecule has 0 fully saturated rings. The van der Waals surface area contributed by atoms with Crippen LogP contribution >= 0.6 is 12.4 Å². The summed E-state index contributed by atoms with van der Waals surface area (Å²) in [7, 11) is 0. The molecule has 0 unspecified atom stereocenters. The number of pyridine rings is 1. The van der Waals surface area contributed by atoms with E-state index in [0.29, 0.717) is 11.5 Å². The quantitative estimate of drug-likeness (QED) is 0.927. The van der Waals surface area contributed by atoms with Gasteiger partial charge in [-0.05, 0) is 24.6 Å². The highest BCUT2D eigenvalue weighted by molar-refractivity contribution is 5.95. The second-order valence-electron chi connectivity index (χ2n) is 3.60. The molecule has 0 atom stereocenters. The maximum atomic E-state index is 11.2. The standard InChI is InChI=1S/C13H12N2O2.ClH/c1-9-4-2-3-5-11(9)17-12-6-7-15-8-10(12)13(14)16;/h2-8H,1H3,(H2,14,16);1H. The molecule has 0 saturated carbocycles. The van der Waals surface area contributed by atoms with Crippen LogP contribution in [0.3, 0.4) is 0 Å². The molecule has 0 aliphatic carbocycles. The molecule has 0 aliphatic rings. The van der Waals surface area contributed by atoms with Gasteiger partial charge in [0.1, 0.15) is 17.1 Å². The predicted molar refractivity (Wildman–Crippen MR) is 71.3 cm³/mol. The van der Waals surface area contributed by atoms with Gasteiger partial charge >= 0.3 is 0 Å². The molecule has 0 spiro atoms. The van der Waals surface area contributed by atoms with Crippen molar-refractivity contribution in [2.45, 2.75) is 6.92 Å². The molecule has 1 aromatic carbocycles. The first-order valence-corrected chi connectivity index (χ1v) is 5.16. The van der Waals surface area contributed by atoms with Gasteiger partial charge in [0, 0.05) is 12.4 Å². The normalized spacial score (nSPS) is 9.39. The van der Waals surface area contributed by atoms with E-state index in [-0.39, 0.29) is 18.0 Å². The van der Waals surface area contributed by atoms with Gasteiger partial charge in [-0.25, -0.2) is 0 Å². The number of hydrogen-bond donors (Lipinski definition) is 1. The zero-order valence-corrected chi connectivity index (χ0v) is 10.6. The number of para-hydroxylation sites is 1. The molecule has 1 amide bonds. The minimum atomic E-state index is -0.554. The lowest BCUT2D eigenvalue weighted by Crippen LogP contribution is -2.12. The van der Waals surface area contributed by atoms with Gasteiger partial charge in [-0.15, -0.1) is 12.4 Å². The van der Waals surface area contributed by atoms with Crippen molar-refractivity contribution in [2.75, 3.05) is 0 Å². The average molecular weight is 265 g/mol. The van der Waals surface area contributed by atoms with Crippen LogP contribution in [0.1, 0.15) is 15.9 Å². The Bertz CT molecular complexity index is 558. The number of amides is 1. The maximum Gasteiger partial charge on any atom is 0.254 e. The molecule has 1 aromatic heterocycles. The number of nitrogens with two attached hydrogens (primary N) is 1. The van der Waals surface area contributed by atoms with Crippen molar-refractivity contribution >= 4 is 18.3 Å². The van der Waals surface area contributed by atoms with E-state index in [4.69, 9.17) is 10.5 Å². The van der Waals surface area contributed by atoms with Crippen LogP contribution in [0.15, 0.2) is 42.7 Å². The zero-order chi connectivity index (χ0) is 12.3. The van der Waals surface area contributed by atoms with E-state index in [1.54, 1.807) is 12.3 Å². The summed E-state index contributed by atoms with van der Waals surface area (Å²) in [5, 5.41) is 0. The van der Waals surface area contributed by atoms with E-state index in [1.165, 1.54) is 6.20 Å². The summed E-state index contributed by atoms with van der Waals surface area (Å²) in [4.78, 5) is 15.0. The van der Waals surface area contributed by atoms with Crippen molar-refractivity contribution in [1.29, 1.82) is 0 Å². The van der Waals surface area contributed by atoms with Gasteiger partial charge in [0.05, 0.1) is 0 Å². The van der Waals surface area contributed by atoms with Crippen LogP contribution in [0, 0.1) is 6.92 Å². The Morgan fingerprint density at radius 1 is 1.22 bits per heavy atom. The van der Waals surface area contributed by atoms with Crippen molar-refractivity contribution in [3.05, 3.63) is 53.9 Å². The van der Waals surface area contributed by atoms with Crippen molar-refractivity contribution in [3.63, 3.8) is 0 Å². The van der Waals surface area contributed by atoms with Crippen LogP contribution in [-0.2, 0) is 0 Å². The number of nitrogens with zero attached hydrogens (tertiary/aromatic N) is 1. The largest absolute Gasteiger partial charge is 0.456 e. The van der Waals surface area contributed by atoms with E-state index in [9.17, 15) is 4.79 Å². The molecule has 1 heterocycles. The van der Waals surface area contributed by atoms with Gasteiger partial charge < -0.3 is 10.5 Å². The minimum absolute atomic E-state index is 0. The molecule has 2 rings (SSSR count). The van der Waals surface area contributed by atoms with Crippen molar-refractivity contribution in [1.82, 2.24) is 4.98 Å². The summed E-state index contributed by atoms with van der Waals surface area (Å²) in [6, 6.07) is 9.17. The van der Waals surface area contributed by atoms with Crippen LogP contribution in [0.25, 0.3) is 0 Å². The lowest BCUT2D eigenvalue weighted by atomic mass is 10.2. The van der Waals surface area contributed by atoms with E-state index in [0.717, 1.165) is 5.56 Å². The first kappa shape index (κ1) is 14.0. The molecule has 94 valence electrons. The van der Waals surface area contributed by atoms with Crippen molar-refractivity contribution in [2.24, 2.45) is 5.73 Å². The summed E-state index contributed by atoms with van der Waals surface area (Å²) in [6.07, 6.45) is 2.95. The lowest BCUT2D eigenvalue weighted by Gasteiger charge is -2.10. The van der Waals surface area contributed by atoms with Crippen LogP contribution < -0.4 is 10.5 Å². The number of carbonyl (C=O) groups is 1. The third-order valence-electron chi connectivity index (χ3n) is 2.36. The minimum Gasteiger partial charge on any atom is -0.456 e. The Kier molecular flexibility index (Phi) is 4.68. The fourth-order valence-corrected chi connectivity index (χ4v) is 1.45. The van der Waals surface area contributed by atoms with E-state index >= 15 is 0 Å². The summed E-state index contributed by atoms with van der Waals surface area (Å²) in [6.45, 7) is 1.93. The molecule has 4 nitrogen and oxygen atoms in total. The van der Waals surface area contributed by atoms with Gasteiger partial charge in [0.15, 0.2) is 0 Å². The number of benzene rings is 1. The van der Waals surface area contributed by atoms with Gasteiger partial charge in [-0.3, -0.25) is 9.78 Å². The molecule has 5 heteroatoms. The molecule has 2 N–H and O–H groups in total. The van der Waals surface area contributed by atoms with E-state index < -0.39 is 5.91 Å². The maximum absolute atomic E-state index is 11.2. The number of rotatable bonds is 3. The third-order valence-corrected chi connectivity index (χ3v) is 2.36. The topological polar surface area (TPSA) is 65.2 Å².